The molecule has 3 aromatic heterocycles. The van der Waals surface area contributed by atoms with Crippen molar-refractivity contribution in [2.24, 2.45) is 5.16 Å². The van der Waals surface area contributed by atoms with Gasteiger partial charge >= 0.3 is 0 Å². The quantitative estimate of drug-likeness (QED) is 0.384. The molecular formula is C16H18N6O2. The van der Waals surface area contributed by atoms with Crippen LogP contribution in [0.1, 0.15) is 30.2 Å². The Kier molecular flexibility index (Phi) is 3.66. The molecule has 124 valence electrons. The zero-order valence-electron chi connectivity index (χ0n) is 13.0. The van der Waals surface area contributed by atoms with E-state index in [4.69, 9.17) is 20.3 Å². The van der Waals surface area contributed by atoms with Gasteiger partial charge < -0.3 is 20.7 Å². The maximum absolute atomic E-state index is 8.61. The zero-order valence-corrected chi connectivity index (χ0v) is 13.0. The summed E-state index contributed by atoms with van der Waals surface area (Å²) in [4.78, 5) is 4.81. The standard InChI is InChI=1S/C16H18N6O2/c17-15-5-14(10-2-1-3-18-6-10)21-16-13(8-19-22(15)16)11-4-12(7-20-23)24-9-11/h4-5,7-10,18,23H,1-3,6,17H2/b20-7-. The van der Waals surface area contributed by atoms with Crippen LogP contribution in [-0.4, -0.2) is 39.1 Å². The van der Waals surface area contributed by atoms with E-state index in [9.17, 15) is 0 Å². The van der Waals surface area contributed by atoms with E-state index in [2.05, 4.69) is 15.6 Å². The van der Waals surface area contributed by atoms with E-state index in [0.29, 0.717) is 23.1 Å². The van der Waals surface area contributed by atoms with E-state index < -0.39 is 0 Å². The SMILES string of the molecule is Nc1cc(C2CCCNC2)nc2c(-c3coc(/C=N\O)c3)cnn12. The van der Waals surface area contributed by atoms with Crippen molar-refractivity contribution in [1.82, 2.24) is 19.9 Å². The summed E-state index contributed by atoms with van der Waals surface area (Å²) in [6.07, 6.45) is 6.76. The number of hydrogen-bond donors (Lipinski definition) is 3. The van der Waals surface area contributed by atoms with Gasteiger partial charge in [0.15, 0.2) is 5.65 Å². The first-order valence-corrected chi connectivity index (χ1v) is 7.87. The first-order valence-electron chi connectivity index (χ1n) is 7.87. The van der Waals surface area contributed by atoms with Gasteiger partial charge in [-0.05, 0) is 25.5 Å². The Balaban J connectivity index is 1.79. The van der Waals surface area contributed by atoms with Crippen LogP contribution < -0.4 is 11.1 Å². The Labute approximate surface area is 138 Å². The number of aromatic nitrogens is 3. The fraction of sp³-hybridized carbons (Fsp3) is 0.312. The average Bonchev–Trinajstić information content (AvgIpc) is 3.23. The minimum absolute atomic E-state index is 0.357. The summed E-state index contributed by atoms with van der Waals surface area (Å²) in [5, 5.41) is 19.3. The van der Waals surface area contributed by atoms with Gasteiger partial charge in [0.2, 0.25) is 0 Å². The Morgan fingerprint density at radius 2 is 2.38 bits per heavy atom. The monoisotopic (exact) mass is 326 g/mol. The van der Waals surface area contributed by atoms with Gasteiger partial charge in [0.1, 0.15) is 17.8 Å². The number of anilines is 1. The third kappa shape index (κ3) is 2.50. The summed E-state index contributed by atoms with van der Waals surface area (Å²) >= 11 is 0. The molecule has 0 aliphatic carbocycles. The molecular weight excluding hydrogens is 308 g/mol. The number of nitrogens with two attached hydrogens (primary N) is 1. The molecule has 1 aliphatic heterocycles. The second-order valence-electron chi connectivity index (χ2n) is 5.93. The first kappa shape index (κ1) is 14.7. The van der Waals surface area contributed by atoms with Crippen molar-refractivity contribution in [2.45, 2.75) is 18.8 Å². The van der Waals surface area contributed by atoms with Gasteiger partial charge in [0.05, 0.1) is 18.2 Å². The number of hydrogen-bond acceptors (Lipinski definition) is 7. The Hall–Kier alpha value is -2.87. The molecule has 4 rings (SSSR count). The van der Waals surface area contributed by atoms with Gasteiger partial charge in [-0.25, -0.2) is 4.98 Å². The third-order valence-electron chi connectivity index (χ3n) is 4.35. The number of furan rings is 1. The lowest BCUT2D eigenvalue weighted by Crippen LogP contribution is -2.29. The van der Waals surface area contributed by atoms with Gasteiger partial charge in [-0.1, -0.05) is 5.16 Å². The molecule has 3 aromatic rings. The molecule has 0 saturated carbocycles. The van der Waals surface area contributed by atoms with Crippen LogP contribution in [0.2, 0.25) is 0 Å². The Morgan fingerprint density at radius 3 is 3.17 bits per heavy atom. The summed E-state index contributed by atoms with van der Waals surface area (Å²) in [5.41, 5.74) is 9.49. The lowest BCUT2D eigenvalue weighted by atomic mass is 9.96. The maximum Gasteiger partial charge on any atom is 0.165 e. The Morgan fingerprint density at radius 1 is 1.46 bits per heavy atom. The van der Waals surface area contributed by atoms with Crippen LogP contribution in [0.25, 0.3) is 16.8 Å². The molecule has 4 heterocycles. The summed E-state index contributed by atoms with van der Waals surface area (Å²) in [6.45, 7) is 1.96. The Bertz CT molecular complexity index is 891. The van der Waals surface area contributed by atoms with Gasteiger partial charge in [-0.2, -0.15) is 9.61 Å². The molecule has 0 bridgehead atoms. The van der Waals surface area contributed by atoms with Crippen LogP contribution in [0.4, 0.5) is 5.82 Å². The highest BCUT2D eigenvalue weighted by Gasteiger charge is 2.20. The number of rotatable bonds is 3. The number of nitrogens with one attached hydrogen (secondary N) is 1. The van der Waals surface area contributed by atoms with E-state index >= 15 is 0 Å². The predicted molar refractivity (Wildman–Crippen MR) is 89.3 cm³/mol. The van der Waals surface area contributed by atoms with Crippen molar-refractivity contribution in [3.8, 4) is 11.1 Å². The summed E-state index contributed by atoms with van der Waals surface area (Å²) in [5.74, 6) is 1.37. The van der Waals surface area contributed by atoms with Crippen molar-refractivity contribution >= 4 is 17.7 Å². The zero-order chi connectivity index (χ0) is 16.5. The van der Waals surface area contributed by atoms with E-state index in [1.165, 1.54) is 6.21 Å². The van der Waals surface area contributed by atoms with Gasteiger partial charge in [0.25, 0.3) is 0 Å². The summed E-state index contributed by atoms with van der Waals surface area (Å²) < 4.78 is 6.97. The molecule has 4 N–H and O–H groups in total. The molecule has 1 fully saturated rings. The second kappa shape index (κ2) is 5.97. The van der Waals surface area contributed by atoms with E-state index in [-0.39, 0.29) is 0 Å². The van der Waals surface area contributed by atoms with Crippen LogP contribution in [0, 0.1) is 0 Å². The van der Waals surface area contributed by atoms with Gasteiger partial charge in [0, 0.05) is 29.7 Å². The minimum Gasteiger partial charge on any atom is -0.463 e. The van der Waals surface area contributed by atoms with Crippen LogP contribution in [0.15, 0.2) is 34.2 Å². The lowest BCUT2D eigenvalue weighted by molar-refractivity contribution is 0.320. The predicted octanol–water partition coefficient (Wildman–Crippen LogP) is 1.85. The second-order valence-corrected chi connectivity index (χ2v) is 5.93. The minimum atomic E-state index is 0.357. The van der Waals surface area contributed by atoms with Gasteiger partial charge in [-0.15, -0.1) is 0 Å². The van der Waals surface area contributed by atoms with Gasteiger partial charge in [-0.3, -0.25) is 0 Å². The molecule has 0 aromatic carbocycles. The number of piperidine rings is 1. The topological polar surface area (TPSA) is 114 Å². The number of oxime groups is 1. The largest absolute Gasteiger partial charge is 0.463 e. The smallest absolute Gasteiger partial charge is 0.165 e. The van der Waals surface area contributed by atoms with Crippen LogP contribution in [0.5, 0.6) is 0 Å². The summed E-state index contributed by atoms with van der Waals surface area (Å²) in [7, 11) is 0. The van der Waals surface area contributed by atoms with Crippen molar-refractivity contribution in [1.29, 1.82) is 0 Å². The van der Waals surface area contributed by atoms with Crippen molar-refractivity contribution in [2.75, 3.05) is 18.8 Å². The van der Waals surface area contributed by atoms with Crippen molar-refractivity contribution in [3.05, 3.63) is 36.0 Å². The summed E-state index contributed by atoms with van der Waals surface area (Å²) in [6, 6.07) is 3.67. The average molecular weight is 326 g/mol. The maximum atomic E-state index is 8.61. The number of nitrogens with zero attached hydrogens (tertiary/aromatic N) is 4. The fourth-order valence-corrected chi connectivity index (χ4v) is 3.14. The number of fused-ring (bicyclic) bond motifs is 1. The molecule has 0 radical (unpaired) electrons. The van der Waals surface area contributed by atoms with Crippen LogP contribution >= 0.6 is 0 Å². The van der Waals surface area contributed by atoms with E-state index in [1.54, 1.807) is 23.0 Å². The number of nitrogen functional groups attached to an aromatic ring is 1. The molecule has 24 heavy (non-hydrogen) atoms. The van der Waals surface area contributed by atoms with Crippen molar-refractivity contribution < 1.29 is 9.62 Å². The molecule has 0 amide bonds. The molecule has 0 spiro atoms. The molecule has 8 nitrogen and oxygen atoms in total. The van der Waals surface area contributed by atoms with E-state index in [1.807, 2.05) is 6.07 Å². The molecule has 8 heteroatoms. The molecule has 1 atom stereocenters. The fourth-order valence-electron chi connectivity index (χ4n) is 3.14. The normalized spacial score (nSPS) is 18.6. The molecule has 1 unspecified atom stereocenters. The molecule has 1 aliphatic rings. The lowest BCUT2D eigenvalue weighted by Gasteiger charge is -2.22. The van der Waals surface area contributed by atoms with Crippen LogP contribution in [0.3, 0.4) is 0 Å². The van der Waals surface area contributed by atoms with Crippen molar-refractivity contribution in [3.63, 3.8) is 0 Å². The van der Waals surface area contributed by atoms with E-state index in [0.717, 1.165) is 42.8 Å². The highest BCUT2D eigenvalue weighted by Crippen LogP contribution is 2.29. The molecule has 1 saturated heterocycles. The highest BCUT2D eigenvalue weighted by atomic mass is 16.4. The highest BCUT2D eigenvalue weighted by molar-refractivity contribution is 5.83. The first-order chi connectivity index (χ1) is 11.8. The third-order valence-corrected chi connectivity index (χ3v) is 4.35. The van der Waals surface area contributed by atoms with Crippen LogP contribution in [-0.2, 0) is 0 Å².